The maximum Gasteiger partial charge on any atom is 0.265 e. The van der Waals surface area contributed by atoms with Crippen LogP contribution in [0, 0.1) is 12.8 Å². The van der Waals surface area contributed by atoms with Gasteiger partial charge >= 0.3 is 0 Å². The number of aromatic hydroxyl groups is 2. The number of para-hydroxylation sites is 1. The molecule has 3 unspecified atom stereocenters. The molecule has 0 aliphatic carbocycles. The Hall–Kier alpha value is -3.43. The fourth-order valence-electron chi connectivity index (χ4n) is 3.97. The zero-order chi connectivity index (χ0) is 20.9. The van der Waals surface area contributed by atoms with Gasteiger partial charge in [-0.25, -0.2) is 4.90 Å². The van der Waals surface area contributed by atoms with Crippen molar-refractivity contribution in [1.82, 2.24) is 5.06 Å². The Kier molecular flexibility index (Phi) is 4.48. The van der Waals surface area contributed by atoms with Gasteiger partial charge in [0.25, 0.3) is 5.91 Å². The largest absolute Gasteiger partial charge is 0.508 e. The molecule has 4 rings (SSSR count). The smallest absolute Gasteiger partial charge is 0.265 e. The van der Waals surface area contributed by atoms with Gasteiger partial charge in [0, 0.05) is 6.07 Å². The first-order chi connectivity index (χ1) is 13.8. The first-order valence-corrected chi connectivity index (χ1v) is 8.96. The van der Waals surface area contributed by atoms with E-state index in [9.17, 15) is 24.6 Å². The molecule has 0 saturated carbocycles. The van der Waals surface area contributed by atoms with Crippen molar-refractivity contribution in [2.75, 3.05) is 11.4 Å². The number of benzene rings is 2. The van der Waals surface area contributed by atoms with E-state index in [1.807, 2.05) is 0 Å². The number of phenolic OH excluding ortho intramolecular Hbond substituents is 2. The number of imide groups is 1. The second kappa shape index (κ2) is 6.87. The van der Waals surface area contributed by atoms with Crippen LogP contribution in [-0.2, 0) is 19.2 Å². The summed E-state index contributed by atoms with van der Waals surface area (Å²) in [6, 6.07) is 9.91. The van der Waals surface area contributed by atoms with Crippen LogP contribution in [0.5, 0.6) is 11.5 Å². The number of anilines is 1. The standard InChI is InChI=1S/C20H19N3O6/c1-10-4-2-3-5-14(10)23-19(27)16-17(11-6-12(24)8-13(25)7-11)22(9-15(21)26)29-18(16)20(23)28/h2-8,16-18,24-25H,9H2,1H3,(H2,21,26). The Bertz CT molecular complexity index is 1000. The quantitative estimate of drug-likeness (QED) is 0.648. The molecule has 2 aliphatic rings. The van der Waals surface area contributed by atoms with Gasteiger partial charge in [-0.1, -0.05) is 18.2 Å². The van der Waals surface area contributed by atoms with Gasteiger partial charge in [-0.05, 0) is 36.2 Å². The van der Waals surface area contributed by atoms with E-state index in [0.29, 0.717) is 11.3 Å². The minimum Gasteiger partial charge on any atom is -0.508 e. The van der Waals surface area contributed by atoms with Crippen LogP contribution in [0.1, 0.15) is 17.2 Å². The summed E-state index contributed by atoms with van der Waals surface area (Å²) in [7, 11) is 0. The normalized spacial score (nSPS) is 24.2. The number of nitrogens with zero attached hydrogens (tertiary/aromatic N) is 2. The van der Waals surface area contributed by atoms with Crippen LogP contribution in [0.25, 0.3) is 0 Å². The average molecular weight is 397 g/mol. The number of aryl methyl sites for hydroxylation is 1. The molecule has 2 aromatic rings. The number of rotatable bonds is 4. The van der Waals surface area contributed by atoms with Crippen LogP contribution in [0.15, 0.2) is 42.5 Å². The van der Waals surface area contributed by atoms with Crippen molar-refractivity contribution < 1.29 is 29.4 Å². The number of carbonyl (C=O) groups is 3. The lowest BCUT2D eigenvalue weighted by Crippen LogP contribution is -2.40. The summed E-state index contributed by atoms with van der Waals surface area (Å²) in [6.07, 6.45) is -1.14. The molecule has 3 amide bonds. The molecule has 2 aliphatic heterocycles. The predicted octanol–water partition coefficient (Wildman–Crippen LogP) is 0.738. The summed E-state index contributed by atoms with van der Waals surface area (Å²) < 4.78 is 0. The number of carbonyl (C=O) groups excluding carboxylic acids is 3. The average Bonchev–Trinajstić information content (AvgIpc) is 3.10. The van der Waals surface area contributed by atoms with E-state index in [2.05, 4.69) is 0 Å². The van der Waals surface area contributed by atoms with Gasteiger partial charge in [0.1, 0.15) is 18.0 Å². The van der Waals surface area contributed by atoms with E-state index in [1.54, 1.807) is 31.2 Å². The maximum absolute atomic E-state index is 13.3. The Labute approximate surface area is 165 Å². The Morgan fingerprint density at radius 3 is 2.38 bits per heavy atom. The van der Waals surface area contributed by atoms with Gasteiger partial charge in [0.05, 0.1) is 17.6 Å². The van der Waals surface area contributed by atoms with Gasteiger partial charge in [0.15, 0.2) is 6.10 Å². The zero-order valence-corrected chi connectivity index (χ0v) is 15.5. The van der Waals surface area contributed by atoms with Crippen molar-refractivity contribution in [3.05, 3.63) is 53.6 Å². The van der Waals surface area contributed by atoms with Crippen LogP contribution in [0.4, 0.5) is 5.69 Å². The number of hydrogen-bond donors (Lipinski definition) is 3. The third-order valence-corrected chi connectivity index (χ3v) is 5.13. The van der Waals surface area contributed by atoms with E-state index >= 15 is 0 Å². The Morgan fingerprint density at radius 2 is 1.76 bits per heavy atom. The SMILES string of the molecule is Cc1ccccc1N1C(=O)C2ON(CC(N)=O)C(c3cc(O)cc(O)c3)C2C1=O. The van der Waals surface area contributed by atoms with Gasteiger partial charge in [0.2, 0.25) is 11.8 Å². The summed E-state index contributed by atoms with van der Waals surface area (Å²) in [6.45, 7) is 1.42. The van der Waals surface area contributed by atoms with Crippen molar-refractivity contribution >= 4 is 23.4 Å². The molecule has 2 aromatic carbocycles. The lowest BCUT2D eigenvalue weighted by molar-refractivity contribution is -0.175. The summed E-state index contributed by atoms with van der Waals surface area (Å²) in [5.41, 5.74) is 6.82. The molecule has 9 heteroatoms. The number of fused-ring (bicyclic) bond motifs is 1. The highest BCUT2D eigenvalue weighted by molar-refractivity contribution is 6.24. The number of nitrogens with two attached hydrogens (primary N) is 1. The number of phenols is 2. The van der Waals surface area contributed by atoms with Gasteiger partial charge in [-0.2, -0.15) is 5.06 Å². The number of hydrogen-bond acceptors (Lipinski definition) is 7. The fraction of sp³-hybridized carbons (Fsp3) is 0.250. The maximum atomic E-state index is 13.3. The molecule has 2 fully saturated rings. The number of hydroxylamine groups is 2. The first kappa shape index (κ1) is 18.9. The Morgan fingerprint density at radius 1 is 1.10 bits per heavy atom. The van der Waals surface area contributed by atoms with Gasteiger partial charge < -0.3 is 15.9 Å². The number of primary amides is 1. The molecule has 0 bridgehead atoms. The topological polar surface area (TPSA) is 133 Å². The molecule has 150 valence electrons. The van der Waals surface area contributed by atoms with Crippen molar-refractivity contribution in [2.45, 2.75) is 19.1 Å². The van der Waals surface area contributed by atoms with E-state index in [1.165, 1.54) is 12.1 Å². The summed E-state index contributed by atoms with van der Waals surface area (Å²) >= 11 is 0. The minimum atomic E-state index is -1.14. The highest BCUT2D eigenvalue weighted by atomic mass is 16.7. The fourth-order valence-corrected chi connectivity index (χ4v) is 3.97. The van der Waals surface area contributed by atoms with Crippen molar-refractivity contribution in [2.24, 2.45) is 11.7 Å². The molecule has 0 aromatic heterocycles. The van der Waals surface area contributed by atoms with Crippen LogP contribution in [0.2, 0.25) is 0 Å². The lowest BCUT2D eigenvalue weighted by Gasteiger charge is -2.26. The van der Waals surface area contributed by atoms with Crippen LogP contribution in [0.3, 0.4) is 0 Å². The lowest BCUT2D eigenvalue weighted by atomic mass is 9.90. The summed E-state index contributed by atoms with van der Waals surface area (Å²) in [5, 5.41) is 20.9. The molecule has 0 spiro atoms. The zero-order valence-electron chi connectivity index (χ0n) is 15.5. The molecule has 0 radical (unpaired) electrons. The first-order valence-electron chi connectivity index (χ1n) is 8.96. The third kappa shape index (κ3) is 3.10. The molecule has 4 N–H and O–H groups in total. The second-order valence-corrected chi connectivity index (χ2v) is 7.12. The second-order valence-electron chi connectivity index (χ2n) is 7.12. The Balaban J connectivity index is 1.78. The van der Waals surface area contributed by atoms with E-state index in [0.717, 1.165) is 21.6 Å². The molecular formula is C20H19N3O6. The van der Waals surface area contributed by atoms with Crippen LogP contribution in [-0.4, -0.2) is 45.6 Å². The summed E-state index contributed by atoms with van der Waals surface area (Å²) in [4.78, 5) is 44.6. The van der Waals surface area contributed by atoms with Gasteiger partial charge in [-0.15, -0.1) is 0 Å². The molecule has 9 nitrogen and oxygen atoms in total. The van der Waals surface area contributed by atoms with Crippen molar-refractivity contribution in [1.29, 1.82) is 0 Å². The minimum absolute atomic E-state index is 0.227. The monoisotopic (exact) mass is 397 g/mol. The highest BCUT2D eigenvalue weighted by Crippen LogP contribution is 2.46. The summed E-state index contributed by atoms with van der Waals surface area (Å²) in [5.74, 6) is -3.17. The van der Waals surface area contributed by atoms with E-state index in [-0.39, 0.29) is 18.0 Å². The van der Waals surface area contributed by atoms with Crippen molar-refractivity contribution in [3.63, 3.8) is 0 Å². The molecule has 2 heterocycles. The molecular weight excluding hydrogens is 378 g/mol. The highest BCUT2D eigenvalue weighted by Gasteiger charge is 2.60. The van der Waals surface area contributed by atoms with E-state index in [4.69, 9.17) is 10.6 Å². The van der Waals surface area contributed by atoms with Crippen molar-refractivity contribution in [3.8, 4) is 11.5 Å². The van der Waals surface area contributed by atoms with E-state index < -0.39 is 35.8 Å². The third-order valence-electron chi connectivity index (χ3n) is 5.13. The van der Waals surface area contributed by atoms with Gasteiger partial charge in [-0.3, -0.25) is 19.2 Å². The molecule has 29 heavy (non-hydrogen) atoms. The molecule has 2 saturated heterocycles. The predicted molar refractivity (Wildman–Crippen MR) is 100 cm³/mol. The number of amides is 3. The van der Waals surface area contributed by atoms with Crippen LogP contribution >= 0.6 is 0 Å². The van der Waals surface area contributed by atoms with Crippen LogP contribution < -0.4 is 10.6 Å². The molecule has 3 atom stereocenters.